The fraction of sp³-hybridized carbons (Fsp3) is 0.462. The molecule has 0 radical (unpaired) electrons. The third kappa shape index (κ3) is 1.83. The molecule has 1 unspecified atom stereocenters. The van der Waals surface area contributed by atoms with Crippen molar-refractivity contribution in [3.05, 3.63) is 29.8 Å². The van der Waals surface area contributed by atoms with E-state index in [1.165, 1.54) is 11.3 Å². The van der Waals surface area contributed by atoms with Gasteiger partial charge in [0.05, 0.1) is 12.6 Å². The average Bonchev–Trinajstić information content (AvgIpc) is 2.95. The van der Waals surface area contributed by atoms with Gasteiger partial charge in [-0.3, -0.25) is 0 Å². The van der Waals surface area contributed by atoms with Crippen molar-refractivity contribution in [1.29, 1.82) is 5.26 Å². The van der Waals surface area contributed by atoms with Crippen molar-refractivity contribution in [3.63, 3.8) is 0 Å². The van der Waals surface area contributed by atoms with Crippen molar-refractivity contribution < 1.29 is 0 Å². The maximum atomic E-state index is 8.84. The van der Waals surface area contributed by atoms with Crippen LogP contribution in [0.2, 0.25) is 0 Å². The summed E-state index contributed by atoms with van der Waals surface area (Å²) in [6.07, 6.45) is 0. The average molecular weight is 200 g/mol. The molecule has 1 aliphatic heterocycles. The Hall–Kier alpha value is -1.49. The van der Waals surface area contributed by atoms with E-state index < -0.39 is 0 Å². The van der Waals surface area contributed by atoms with Crippen LogP contribution in [0.4, 0.5) is 5.69 Å². The van der Waals surface area contributed by atoms with E-state index in [1.54, 1.807) is 0 Å². The Morgan fingerprint density at radius 2 is 2.00 bits per heavy atom. The first-order chi connectivity index (χ1) is 7.04. The lowest BCUT2D eigenvalue weighted by Crippen LogP contribution is -2.14. The summed E-state index contributed by atoms with van der Waals surface area (Å²) in [6, 6.07) is 10.8. The van der Waals surface area contributed by atoms with E-state index in [0.29, 0.717) is 0 Å². The molecule has 1 aromatic carbocycles. The van der Waals surface area contributed by atoms with Crippen LogP contribution < -0.4 is 4.90 Å². The Morgan fingerprint density at radius 1 is 1.33 bits per heavy atom. The number of nitriles is 1. The monoisotopic (exact) mass is 200 g/mol. The highest BCUT2D eigenvalue weighted by molar-refractivity contribution is 5.63. The van der Waals surface area contributed by atoms with Gasteiger partial charge in [-0.2, -0.15) is 5.26 Å². The molecule has 0 amide bonds. The number of nitrogens with zero attached hydrogens (tertiary/aromatic N) is 2. The molecule has 2 nitrogen and oxygen atoms in total. The summed E-state index contributed by atoms with van der Waals surface area (Å²) in [5.41, 5.74) is 2.68. The summed E-state index contributed by atoms with van der Waals surface area (Å²) in [5, 5.41) is 8.84. The van der Waals surface area contributed by atoms with Crippen LogP contribution in [0.1, 0.15) is 26.3 Å². The van der Waals surface area contributed by atoms with Crippen LogP contribution in [0.3, 0.4) is 0 Å². The van der Waals surface area contributed by atoms with Crippen molar-refractivity contribution in [3.8, 4) is 6.07 Å². The highest BCUT2D eigenvalue weighted by Crippen LogP contribution is 2.36. The normalized spacial score (nSPS) is 19.9. The van der Waals surface area contributed by atoms with Crippen molar-refractivity contribution in [2.75, 3.05) is 11.4 Å². The van der Waals surface area contributed by atoms with Gasteiger partial charge in [-0.25, -0.2) is 0 Å². The molecule has 1 atom stereocenters. The molecule has 0 saturated carbocycles. The second-order valence-corrected chi connectivity index (χ2v) is 5.06. The first-order valence-electron chi connectivity index (χ1n) is 5.30. The molecule has 0 N–H and O–H groups in total. The lowest BCUT2D eigenvalue weighted by molar-refractivity contribution is 0.591. The number of benzene rings is 1. The van der Waals surface area contributed by atoms with Gasteiger partial charge < -0.3 is 4.90 Å². The van der Waals surface area contributed by atoms with Gasteiger partial charge in [0.1, 0.15) is 6.04 Å². The summed E-state index contributed by atoms with van der Waals surface area (Å²) < 4.78 is 0. The van der Waals surface area contributed by atoms with Gasteiger partial charge in [-0.15, -0.1) is 0 Å². The second-order valence-electron chi connectivity index (χ2n) is 5.06. The second kappa shape index (κ2) is 3.27. The third-order valence-corrected chi connectivity index (χ3v) is 2.78. The molecule has 78 valence electrons. The fourth-order valence-corrected chi connectivity index (χ4v) is 1.87. The quantitative estimate of drug-likeness (QED) is 0.652. The zero-order valence-corrected chi connectivity index (χ0v) is 9.49. The van der Waals surface area contributed by atoms with E-state index in [4.69, 9.17) is 5.26 Å². The summed E-state index contributed by atoms with van der Waals surface area (Å²) in [5.74, 6) is 0. The molecule has 15 heavy (non-hydrogen) atoms. The highest BCUT2D eigenvalue weighted by atomic mass is 15.3. The lowest BCUT2D eigenvalue weighted by atomic mass is 9.86. The first kappa shape index (κ1) is 10.0. The maximum absolute atomic E-state index is 8.84. The molecular formula is C13H16N2. The molecule has 1 saturated heterocycles. The number of hydrogen-bond acceptors (Lipinski definition) is 2. The van der Waals surface area contributed by atoms with Gasteiger partial charge in [0.25, 0.3) is 0 Å². The van der Waals surface area contributed by atoms with Gasteiger partial charge in [-0.1, -0.05) is 39.0 Å². The van der Waals surface area contributed by atoms with Crippen LogP contribution in [0.15, 0.2) is 24.3 Å². The van der Waals surface area contributed by atoms with Crippen molar-refractivity contribution in [2.24, 2.45) is 0 Å². The van der Waals surface area contributed by atoms with E-state index >= 15 is 0 Å². The fourth-order valence-electron chi connectivity index (χ4n) is 1.87. The summed E-state index contributed by atoms with van der Waals surface area (Å²) in [4.78, 5) is 2.15. The number of rotatable bonds is 1. The molecule has 1 heterocycles. The molecule has 0 aliphatic carbocycles. The summed E-state index contributed by atoms with van der Waals surface area (Å²) >= 11 is 0. The molecule has 0 spiro atoms. The van der Waals surface area contributed by atoms with Crippen LogP contribution in [-0.4, -0.2) is 12.6 Å². The Labute approximate surface area is 91.1 Å². The maximum Gasteiger partial charge on any atom is 0.134 e. The van der Waals surface area contributed by atoms with E-state index in [9.17, 15) is 0 Å². The van der Waals surface area contributed by atoms with Gasteiger partial charge in [0.15, 0.2) is 0 Å². The highest BCUT2D eigenvalue weighted by Gasteiger charge is 2.36. The SMILES string of the molecule is CC(C)(C)c1ccccc1N1CC1C#N. The third-order valence-electron chi connectivity index (χ3n) is 2.78. The molecular weight excluding hydrogens is 184 g/mol. The zero-order valence-electron chi connectivity index (χ0n) is 9.49. The lowest BCUT2D eigenvalue weighted by Gasteiger charge is -2.23. The number of anilines is 1. The molecule has 0 bridgehead atoms. The minimum absolute atomic E-state index is 0.0912. The van der Waals surface area contributed by atoms with E-state index in [-0.39, 0.29) is 11.5 Å². The van der Waals surface area contributed by atoms with Crippen LogP contribution >= 0.6 is 0 Å². The van der Waals surface area contributed by atoms with E-state index in [1.807, 2.05) is 6.07 Å². The zero-order chi connectivity index (χ0) is 11.1. The van der Waals surface area contributed by atoms with E-state index in [2.05, 4.69) is 49.9 Å². The smallest absolute Gasteiger partial charge is 0.134 e. The molecule has 2 heteroatoms. The van der Waals surface area contributed by atoms with Gasteiger partial charge in [0.2, 0.25) is 0 Å². The minimum atomic E-state index is 0.0912. The number of hydrogen-bond donors (Lipinski definition) is 0. The van der Waals surface area contributed by atoms with Crippen LogP contribution in [0.25, 0.3) is 0 Å². The Morgan fingerprint density at radius 3 is 2.53 bits per heavy atom. The predicted molar refractivity (Wildman–Crippen MR) is 61.9 cm³/mol. The van der Waals surface area contributed by atoms with E-state index in [0.717, 1.165) is 6.54 Å². The molecule has 2 rings (SSSR count). The largest absolute Gasteiger partial charge is 0.351 e. The molecule has 0 aromatic heterocycles. The molecule has 1 aromatic rings. The minimum Gasteiger partial charge on any atom is -0.351 e. The van der Waals surface area contributed by atoms with Crippen LogP contribution in [0, 0.1) is 11.3 Å². The summed E-state index contributed by atoms with van der Waals surface area (Å²) in [6.45, 7) is 7.49. The Bertz CT molecular complexity index is 409. The van der Waals surface area contributed by atoms with Gasteiger partial charge in [0, 0.05) is 5.69 Å². The van der Waals surface area contributed by atoms with Crippen LogP contribution in [-0.2, 0) is 5.41 Å². The van der Waals surface area contributed by atoms with Gasteiger partial charge in [-0.05, 0) is 17.0 Å². The number of para-hydroxylation sites is 1. The van der Waals surface area contributed by atoms with Crippen molar-refractivity contribution in [2.45, 2.75) is 32.2 Å². The predicted octanol–water partition coefficient (Wildman–Crippen LogP) is 2.70. The standard InChI is InChI=1S/C13H16N2/c1-13(2,3)11-6-4-5-7-12(11)15-9-10(15)8-14/h4-7,10H,9H2,1-3H3. The molecule has 1 aliphatic rings. The van der Waals surface area contributed by atoms with Crippen molar-refractivity contribution in [1.82, 2.24) is 0 Å². The Balaban J connectivity index is 2.37. The first-order valence-corrected chi connectivity index (χ1v) is 5.30. The topological polar surface area (TPSA) is 26.8 Å². The summed E-state index contributed by atoms with van der Waals surface area (Å²) in [7, 11) is 0. The Kier molecular flexibility index (Phi) is 2.19. The van der Waals surface area contributed by atoms with Crippen molar-refractivity contribution >= 4 is 5.69 Å². The van der Waals surface area contributed by atoms with Crippen LogP contribution in [0.5, 0.6) is 0 Å². The molecule has 1 fully saturated rings. The van der Waals surface area contributed by atoms with Gasteiger partial charge >= 0.3 is 0 Å².